The fourth-order valence-corrected chi connectivity index (χ4v) is 2.99. The third kappa shape index (κ3) is 4.48. The first-order valence-electron chi connectivity index (χ1n) is 4.17. The van der Waals surface area contributed by atoms with Gasteiger partial charge in [-0.25, -0.2) is 0 Å². The zero-order valence-corrected chi connectivity index (χ0v) is 11.1. The summed E-state index contributed by atoms with van der Waals surface area (Å²) in [4.78, 5) is 0.549. The normalized spacial score (nSPS) is 12.8. The molecular weight excluding hydrogens is 315 g/mol. The van der Waals surface area contributed by atoms with Gasteiger partial charge in [0.25, 0.3) is 0 Å². The highest BCUT2D eigenvalue weighted by molar-refractivity contribution is 9.10. The molecule has 0 heterocycles. The van der Waals surface area contributed by atoms with Gasteiger partial charge in [-0.2, -0.15) is 0 Å². The average Bonchev–Trinajstić information content (AvgIpc) is 2.09. The average molecular weight is 326 g/mol. The molecule has 0 N–H and O–H groups in total. The number of rotatable bonds is 4. The first kappa shape index (κ1) is 11.5. The van der Waals surface area contributed by atoms with E-state index >= 15 is 0 Å². The zero-order valence-electron chi connectivity index (χ0n) is 7.14. The Morgan fingerprint density at radius 3 is 2.38 bits per heavy atom. The molecule has 3 heteroatoms. The topological polar surface area (TPSA) is 0 Å². The van der Waals surface area contributed by atoms with Crippen LogP contribution in [0.15, 0.2) is 24.3 Å². The molecule has 0 amide bonds. The minimum Gasteiger partial charge on any atom is -0.0928 e. The largest absolute Gasteiger partial charge is 0.0928 e. The summed E-state index contributed by atoms with van der Waals surface area (Å²) in [5.74, 6) is 0. The predicted molar refractivity (Wildman–Crippen MR) is 66.3 cm³/mol. The molecule has 72 valence electrons. The van der Waals surface area contributed by atoms with Crippen LogP contribution < -0.4 is 0 Å². The maximum Gasteiger partial charge on any atom is 0.0406 e. The molecule has 13 heavy (non-hydrogen) atoms. The fraction of sp³-hybridized carbons (Fsp3) is 0.400. The quantitative estimate of drug-likeness (QED) is 0.718. The minimum atomic E-state index is 0.549. The van der Waals surface area contributed by atoms with Gasteiger partial charge in [-0.15, -0.1) is 0 Å². The van der Waals surface area contributed by atoms with Gasteiger partial charge < -0.3 is 0 Å². The molecular formula is C10H11Br2Cl. The van der Waals surface area contributed by atoms with Crippen molar-refractivity contribution in [2.24, 2.45) is 0 Å². The van der Waals surface area contributed by atoms with Gasteiger partial charge in [-0.1, -0.05) is 55.6 Å². The van der Waals surface area contributed by atoms with Crippen LogP contribution in [0.5, 0.6) is 0 Å². The van der Waals surface area contributed by atoms with Crippen molar-refractivity contribution in [3.63, 3.8) is 0 Å². The van der Waals surface area contributed by atoms with E-state index in [2.05, 4.69) is 44.0 Å². The van der Waals surface area contributed by atoms with Crippen LogP contribution >= 0.6 is 43.5 Å². The van der Waals surface area contributed by atoms with Crippen LogP contribution in [0.25, 0.3) is 0 Å². The van der Waals surface area contributed by atoms with Crippen molar-refractivity contribution in [2.75, 3.05) is 5.33 Å². The molecule has 0 unspecified atom stereocenters. The molecule has 0 saturated heterocycles. The lowest BCUT2D eigenvalue weighted by atomic mass is 10.1. The maximum atomic E-state index is 5.79. The van der Waals surface area contributed by atoms with Gasteiger partial charge in [0.2, 0.25) is 0 Å². The van der Waals surface area contributed by atoms with E-state index in [-0.39, 0.29) is 0 Å². The highest BCUT2D eigenvalue weighted by Gasteiger charge is 2.03. The highest BCUT2D eigenvalue weighted by Crippen LogP contribution is 2.16. The molecule has 0 spiro atoms. The lowest BCUT2D eigenvalue weighted by molar-refractivity contribution is 0.841. The summed E-state index contributed by atoms with van der Waals surface area (Å²) in [7, 11) is 0. The van der Waals surface area contributed by atoms with E-state index in [1.54, 1.807) is 0 Å². The smallest absolute Gasteiger partial charge is 0.0406 e. The summed E-state index contributed by atoms with van der Waals surface area (Å²) in [6, 6.07) is 8.02. The molecule has 1 aromatic carbocycles. The van der Waals surface area contributed by atoms with E-state index in [1.165, 1.54) is 5.56 Å². The van der Waals surface area contributed by atoms with E-state index < -0.39 is 0 Å². The van der Waals surface area contributed by atoms with Crippen molar-refractivity contribution in [1.29, 1.82) is 0 Å². The summed E-state index contributed by atoms with van der Waals surface area (Å²) in [5, 5.41) is 1.84. The van der Waals surface area contributed by atoms with Gasteiger partial charge in [0, 0.05) is 15.2 Å². The Kier molecular flexibility index (Phi) is 5.37. The van der Waals surface area contributed by atoms with Gasteiger partial charge in [0.05, 0.1) is 0 Å². The van der Waals surface area contributed by atoms with Crippen molar-refractivity contribution < 1.29 is 0 Å². The molecule has 1 atom stereocenters. The lowest BCUT2D eigenvalue weighted by Crippen LogP contribution is -2.02. The molecule has 0 aliphatic carbocycles. The van der Waals surface area contributed by atoms with Gasteiger partial charge >= 0.3 is 0 Å². The summed E-state index contributed by atoms with van der Waals surface area (Å²) in [6.07, 6.45) is 2.20. The van der Waals surface area contributed by atoms with Crippen molar-refractivity contribution in [3.8, 4) is 0 Å². The number of alkyl halides is 2. The van der Waals surface area contributed by atoms with E-state index in [0.29, 0.717) is 4.83 Å². The number of hydrogen-bond acceptors (Lipinski definition) is 0. The molecule has 0 aliphatic rings. The zero-order chi connectivity index (χ0) is 9.68. The van der Waals surface area contributed by atoms with E-state index in [4.69, 9.17) is 11.6 Å². The Morgan fingerprint density at radius 1 is 1.23 bits per heavy atom. The van der Waals surface area contributed by atoms with E-state index in [9.17, 15) is 0 Å². The first-order chi connectivity index (χ1) is 6.22. The van der Waals surface area contributed by atoms with Gasteiger partial charge in [-0.05, 0) is 30.5 Å². The van der Waals surface area contributed by atoms with Crippen molar-refractivity contribution in [3.05, 3.63) is 34.9 Å². The third-order valence-corrected chi connectivity index (χ3v) is 3.28. The SMILES string of the molecule is Clc1ccc(C[C@H](Br)CCBr)cc1. The summed E-state index contributed by atoms with van der Waals surface area (Å²) < 4.78 is 0. The molecule has 0 aliphatic heterocycles. The predicted octanol–water partition coefficient (Wildman–Crippen LogP) is 4.43. The standard InChI is InChI=1S/C10H11Br2Cl/c11-6-5-9(12)7-8-1-3-10(13)4-2-8/h1-4,9H,5-7H2/t9-/m1/s1. The minimum absolute atomic E-state index is 0.549. The molecule has 1 rings (SSSR count). The molecule has 0 fully saturated rings. The third-order valence-electron chi connectivity index (χ3n) is 1.79. The molecule has 0 radical (unpaired) electrons. The van der Waals surface area contributed by atoms with Gasteiger partial charge in [0.1, 0.15) is 0 Å². The molecule has 1 aromatic rings. The second kappa shape index (κ2) is 6.05. The van der Waals surface area contributed by atoms with Crippen molar-refractivity contribution >= 4 is 43.5 Å². The number of hydrogen-bond donors (Lipinski definition) is 0. The summed E-state index contributed by atoms with van der Waals surface area (Å²) >= 11 is 12.8. The molecule has 0 nitrogen and oxygen atoms in total. The van der Waals surface area contributed by atoms with Gasteiger partial charge in [0.15, 0.2) is 0 Å². The van der Waals surface area contributed by atoms with Crippen LogP contribution in [-0.2, 0) is 6.42 Å². The molecule has 0 bridgehead atoms. The van der Waals surface area contributed by atoms with Crippen molar-refractivity contribution in [2.45, 2.75) is 17.7 Å². The summed E-state index contributed by atoms with van der Waals surface area (Å²) in [6.45, 7) is 0. The first-order valence-corrected chi connectivity index (χ1v) is 6.58. The molecule has 0 saturated carbocycles. The Labute approximate surface area is 101 Å². The second-order valence-corrected chi connectivity index (χ2v) is 5.43. The Morgan fingerprint density at radius 2 is 1.85 bits per heavy atom. The van der Waals surface area contributed by atoms with Crippen LogP contribution in [0.1, 0.15) is 12.0 Å². The molecule has 0 aromatic heterocycles. The van der Waals surface area contributed by atoms with Crippen LogP contribution in [0.2, 0.25) is 5.02 Å². The van der Waals surface area contributed by atoms with Crippen molar-refractivity contribution in [1.82, 2.24) is 0 Å². The summed E-state index contributed by atoms with van der Waals surface area (Å²) in [5.41, 5.74) is 1.33. The number of benzene rings is 1. The van der Waals surface area contributed by atoms with Crippen LogP contribution in [0.3, 0.4) is 0 Å². The Bertz CT molecular complexity index is 246. The second-order valence-electron chi connectivity index (χ2n) is 2.91. The van der Waals surface area contributed by atoms with Crippen LogP contribution in [0.4, 0.5) is 0 Å². The number of halogens is 3. The fourth-order valence-electron chi connectivity index (χ4n) is 1.10. The Balaban J connectivity index is 2.49. The lowest BCUT2D eigenvalue weighted by Gasteiger charge is -2.07. The highest BCUT2D eigenvalue weighted by atomic mass is 79.9. The van der Waals surface area contributed by atoms with E-state index in [1.807, 2.05) is 12.1 Å². The van der Waals surface area contributed by atoms with E-state index in [0.717, 1.165) is 23.2 Å². The van der Waals surface area contributed by atoms with Gasteiger partial charge in [-0.3, -0.25) is 0 Å². The Hall–Kier alpha value is 0.470. The van der Waals surface area contributed by atoms with Crippen LogP contribution in [0, 0.1) is 0 Å². The van der Waals surface area contributed by atoms with Crippen LogP contribution in [-0.4, -0.2) is 10.2 Å². The maximum absolute atomic E-state index is 5.79. The monoisotopic (exact) mass is 324 g/mol.